The summed E-state index contributed by atoms with van der Waals surface area (Å²) in [6, 6.07) is 8.50. The first-order valence-corrected chi connectivity index (χ1v) is 8.79. The third-order valence-corrected chi connectivity index (χ3v) is 4.74. The summed E-state index contributed by atoms with van der Waals surface area (Å²) in [5.74, 6) is 0.931. The van der Waals surface area contributed by atoms with Crippen molar-refractivity contribution in [2.75, 3.05) is 13.1 Å². The Morgan fingerprint density at radius 1 is 1.32 bits per heavy atom. The number of ether oxygens (including phenoxy) is 1. The fourth-order valence-electron chi connectivity index (χ4n) is 2.95. The minimum absolute atomic E-state index is 0.180. The maximum atomic E-state index is 12.3. The molecule has 0 radical (unpaired) electrons. The zero-order chi connectivity index (χ0) is 16.3. The number of halogens is 1. The molecule has 0 saturated carbocycles. The third kappa shape index (κ3) is 4.73. The molecule has 0 N–H and O–H groups in total. The number of rotatable bonds is 2. The number of amides is 1. The van der Waals surface area contributed by atoms with E-state index in [9.17, 15) is 4.79 Å². The van der Waals surface area contributed by atoms with Gasteiger partial charge in [0.1, 0.15) is 5.60 Å². The normalized spacial score (nSPS) is 20.6. The molecule has 1 aromatic carbocycles. The number of hydrogen-bond donors (Lipinski definition) is 0. The van der Waals surface area contributed by atoms with Crippen LogP contribution >= 0.6 is 15.9 Å². The minimum atomic E-state index is -0.429. The van der Waals surface area contributed by atoms with Crippen LogP contribution in [0.3, 0.4) is 0 Å². The van der Waals surface area contributed by atoms with E-state index in [1.165, 1.54) is 5.56 Å². The zero-order valence-electron chi connectivity index (χ0n) is 13.9. The van der Waals surface area contributed by atoms with Crippen LogP contribution in [0.4, 0.5) is 4.79 Å². The molecular formula is C18H26BrNO2. The van der Waals surface area contributed by atoms with Crippen molar-refractivity contribution < 1.29 is 9.53 Å². The summed E-state index contributed by atoms with van der Waals surface area (Å²) < 4.78 is 6.61. The van der Waals surface area contributed by atoms with Crippen LogP contribution in [-0.2, 0) is 4.74 Å². The lowest BCUT2D eigenvalue weighted by atomic mass is 9.82. The van der Waals surface area contributed by atoms with Gasteiger partial charge >= 0.3 is 6.09 Å². The van der Waals surface area contributed by atoms with E-state index in [1.807, 2.05) is 25.7 Å². The van der Waals surface area contributed by atoms with Gasteiger partial charge in [-0.3, -0.25) is 0 Å². The number of carbonyl (C=O) groups excluding carboxylic acids is 1. The Morgan fingerprint density at radius 3 is 2.55 bits per heavy atom. The average Bonchev–Trinajstić information content (AvgIpc) is 2.46. The van der Waals surface area contributed by atoms with Crippen molar-refractivity contribution in [3.8, 4) is 0 Å². The van der Waals surface area contributed by atoms with Gasteiger partial charge < -0.3 is 9.64 Å². The van der Waals surface area contributed by atoms with Crippen molar-refractivity contribution >= 4 is 22.0 Å². The molecule has 1 aliphatic rings. The smallest absolute Gasteiger partial charge is 0.410 e. The maximum Gasteiger partial charge on any atom is 0.410 e. The molecule has 2 rings (SSSR count). The number of benzene rings is 1. The number of piperidine rings is 1. The van der Waals surface area contributed by atoms with Gasteiger partial charge in [0, 0.05) is 17.6 Å². The van der Waals surface area contributed by atoms with E-state index in [4.69, 9.17) is 4.74 Å². The standard InChI is InChI=1S/C18H26BrNO2/c1-13(14-7-9-16(19)10-8-14)15-6-5-11-20(12-15)17(21)22-18(2,3)4/h7-10,13,15H,5-6,11-12H2,1-4H3. The highest BCUT2D eigenvalue weighted by molar-refractivity contribution is 9.10. The average molecular weight is 368 g/mol. The summed E-state index contributed by atoms with van der Waals surface area (Å²) in [5.41, 5.74) is 0.903. The van der Waals surface area contributed by atoms with Gasteiger partial charge in [-0.25, -0.2) is 4.79 Å². The van der Waals surface area contributed by atoms with Gasteiger partial charge in [0.05, 0.1) is 0 Å². The summed E-state index contributed by atoms with van der Waals surface area (Å²) in [4.78, 5) is 14.1. The minimum Gasteiger partial charge on any atom is -0.444 e. The van der Waals surface area contributed by atoms with Crippen LogP contribution in [0, 0.1) is 5.92 Å². The Balaban J connectivity index is 2.00. The van der Waals surface area contributed by atoms with Crippen LogP contribution in [0.25, 0.3) is 0 Å². The van der Waals surface area contributed by atoms with Gasteiger partial charge in [-0.1, -0.05) is 35.0 Å². The summed E-state index contributed by atoms with van der Waals surface area (Å²) in [6.07, 6.45) is 2.03. The highest BCUT2D eigenvalue weighted by Gasteiger charge is 2.30. The van der Waals surface area contributed by atoms with Crippen molar-refractivity contribution in [1.82, 2.24) is 4.90 Å². The van der Waals surface area contributed by atoms with E-state index >= 15 is 0 Å². The molecular weight excluding hydrogens is 342 g/mol. The first kappa shape index (κ1) is 17.3. The van der Waals surface area contributed by atoms with Crippen molar-refractivity contribution in [2.24, 2.45) is 5.92 Å². The second-order valence-corrected chi connectivity index (χ2v) is 8.08. The Labute approximate surface area is 142 Å². The fourth-order valence-corrected chi connectivity index (χ4v) is 3.21. The lowest BCUT2D eigenvalue weighted by Gasteiger charge is -2.36. The monoisotopic (exact) mass is 367 g/mol. The molecule has 3 nitrogen and oxygen atoms in total. The van der Waals surface area contributed by atoms with Crippen LogP contribution in [-0.4, -0.2) is 29.7 Å². The lowest BCUT2D eigenvalue weighted by molar-refractivity contribution is 0.0154. The van der Waals surface area contributed by atoms with E-state index < -0.39 is 5.60 Å². The molecule has 2 unspecified atom stereocenters. The maximum absolute atomic E-state index is 12.3. The lowest BCUT2D eigenvalue weighted by Crippen LogP contribution is -2.43. The SMILES string of the molecule is CC(c1ccc(Br)cc1)C1CCCN(C(=O)OC(C)(C)C)C1. The largest absolute Gasteiger partial charge is 0.444 e. The second-order valence-electron chi connectivity index (χ2n) is 7.17. The summed E-state index contributed by atoms with van der Waals surface area (Å²) >= 11 is 3.48. The van der Waals surface area contributed by atoms with E-state index in [0.717, 1.165) is 30.4 Å². The highest BCUT2D eigenvalue weighted by Crippen LogP contribution is 2.32. The van der Waals surface area contributed by atoms with Gasteiger partial charge in [-0.05, 0) is 63.1 Å². The van der Waals surface area contributed by atoms with E-state index in [0.29, 0.717) is 11.8 Å². The molecule has 22 heavy (non-hydrogen) atoms. The molecule has 1 amide bonds. The molecule has 1 saturated heterocycles. The van der Waals surface area contributed by atoms with Gasteiger partial charge in [0.25, 0.3) is 0 Å². The summed E-state index contributed by atoms with van der Waals surface area (Å²) in [5, 5.41) is 0. The second kappa shape index (κ2) is 7.03. The topological polar surface area (TPSA) is 29.5 Å². The number of likely N-dealkylation sites (tertiary alicyclic amines) is 1. The van der Waals surface area contributed by atoms with Crippen LogP contribution in [0.5, 0.6) is 0 Å². The van der Waals surface area contributed by atoms with Crippen molar-refractivity contribution in [2.45, 2.75) is 52.1 Å². The van der Waals surface area contributed by atoms with E-state index in [-0.39, 0.29) is 6.09 Å². The molecule has 4 heteroatoms. The van der Waals surface area contributed by atoms with Crippen molar-refractivity contribution in [3.05, 3.63) is 34.3 Å². The van der Waals surface area contributed by atoms with Gasteiger partial charge in [0.2, 0.25) is 0 Å². The first-order chi connectivity index (χ1) is 10.3. The van der Waals surface area contributed by atoms with Crippen LogP contribution in [0.15, 0.2) is 28.7 Å². The summed E-state index contributed by atoms with van der Waals surface area (Å²) in [6.45, 7) is 9.58. The molecule has 1 heterocycles. The van der Waals surface area contributed by atoms with Gasteiger partial charge in [-0.2, -0.15) is 0 Å². The Bertz CT molecular complexity index is 507. The molecule has 0 spiro atoms. The predicted octanol–water partition coefficient (Wildman–Crippen LogP) is 5.20. The Kier molecular flexibility index (Phi) is 5.54. The number of carbonyl (C=O) groups is 1. The molecule has 1 aromatic rings. The Morgan fingerprint density at radius 2 is 1.95 bits per heavy atom. The van der Waals surface area contributed by atoms with Crippen molar-refractivity contribution in [3.63, 3.8) is 0 Å². The highest BCUT2D eigenvalue weighted by atomic mass is 79.9. The molecule has 2 atom stereocenters. The van der Waals surface area contributed by atoms with Crippen LogP contribution in [0.1, 0.15) is 52.0 Å². The fraction of sp³-hybridized carbons (Fsp3) is 0.611. The third-order valence-electron chi connectivity index (χ3n) is 4.21. The Hall–Kier alpha value is -1.03. The van der Waals surface area contributed by atoms with Gasteiger partial charge in [0.15, 0.2) is 0 Å². The number of nitrogens with zero attached hydrogens (tertiary/aromatic N) is 1. The molecule has 0 aromatic heterocycles. The summed E-state index contributed by atoms with van der Waals surface area (Å²) in [7, 11) is 0. The first-order valence-electron chi connectivity index (χ1n) is 7.99. The van der Waals surface area contributed by atoms with Crippen LogP contribution < -0.4 is 0 Å². The molecule has 122 valence electrons. The molecule has 1 fully saturated rings. The molecule has 0 bridgehead atoms. The van der Waals surface area contributed by atoms with E-state index in [2.05, 4.69) is 47.1 Å². The zero-order valence-corrected chi connectivity index (χ0v) is 15.5. The predicted molar refractivity (Wildman–Crippen MR) is 93.1 cm³/mol. The van der Waals surface area contributed by atoms with E-state index in [1.54, 1.807) is 0 Å². The molecule has 1 aliphatic heterocycles. The number of hydrogen-bond acceptors (Lipinski definition) is 2. The van der Waals surface area contributed by atoms with Crippen molar-refractivity contribution in [1.29, 1.82) is 0 Å². The molecule has 0 aliphatic carbocycles. The van der Waals surface area contributed by atoms with Gasteiger partial charge in [-0.15, -0.1) is 0 Å². The van der Waals surface area contributed by atoms with Crippen LogP contribution in [0.2, 0.25) is 0 Å². The quantitative estimate of drug-likeness (QED) is 0.718.